The fraction of sp³-hybridized carbons (Fsp3) is 0.125. The number of pyridine rings is 1. The van der Waals surface area contributed by atoms with Crippen molar-refractivity contribution in [1.82, 2.24) is 14.9 Å². The summed E-state index contributed by atoms with van der Waals surface area (Å²) in [6, 6.07) is 17.6. The van der Waals surface area contributed by atoms with Gasteiger partial charge in [0.05, 0.1) is 17.4 Å². The number of carbonyl (C=O) groups is 2. The largest absolute Gasteiger partial charge is 0.348 e. The van der Waals surface area contributed by atoms with E-state index in [4.69, 9.17) is 0 Å². The first kappa shape index (κ1) is 20.3. The summed E-state index contributed by atoms with van der Waals surface area (Å²) in [6.45, 7) is 2.24. The number of anilines is 1. The molecule has 4 rings (SSSR count). The monoisotopic (exact) mass is 416 g/mol. The summed E-state index contributed by atoms with van der Waals surface area (Å²) < 4.78 is 15.0. The number of fused-ring (bicyclic) bond motifs is 1. The van der Waals surface area contributed by atoms with Gasteiger partial charge >= 0.3 is 0 Å². The highest BCUT2D eigenvalue weighted by Crippen LogP contribution is 2.24. The number of hydrogen-bond donors (Lipinski definition) is 2. The zero-order chi connectivity index (χ0) is 21.8. The van der Waals surface area contributed by atoms with Gasteiger partial charge in [0.15, 0.2) is 0 Å². The molecule has 0 saturated heterocycles. The Morgan fingerprint density at radius 1 is 1.03 bits per heavy atom. The summed E-state index contributed by atoms with van der Waals surface area (Å²) in [5.74, 6) is -0.814. The van der Waals surface area contributed by atoms with Crippen molar-refractivity contribution in [3.8, 4) is 0 Å². The Bertz CT molecular complexity index is 1230. The summed E-state index contributed by atoms with van der Waals surface area (Å²) in [7, 11) is 0. The summed E-state index contributed by atoms with van der Waals surface area (Å²) in [5.41, 5.74) is 3.48. The molecule has 0 unspecified atom stereocenters. The summed E-state index contributed by atoms with van der Waals surface area (Å²) >= 11 is 0. The standard InChI is InChI=1S/C24H21FN4O2/c1-16(30)28-20-11-21-22(24(31)27-12-17-7-9-19(25)10-8-17)15-29(23(21)26-13-20)14-18-5-3-2-4-6-18/h2-11,13,15H,12,14H2,1H3,(H,27,31)(H,28,30). The van der Waals surface area contributed by atoms with Gasteiger partial charge in [0, 0.05) is 31.6 Å². The highest BCUT2D eigenvalue weighted by molar-refractivity contribution is 6.07. The molecule has 2 heterocycles. The second kappa shape index (κ2) is 8.79. The first-order chi connectivity index (χ1) is 15.0. The van der Waals surface area contributed by atoms with Crippen LogP contribution in [0.15, 0.2) is 73.1 Å². The first-order valence-corrected chi connectivity index (χ1v) is 9.82. The normalized spacial score (nSPS) is 10.8. The molecule has 4 aromatic rings. The molecule has 2 aromatic carbocycles. The summed E-state index contributed by atoms with van der Waals surface area (Å²) in [4.78, 5) is 28.9. The van der Waals surface area contributed by atoms with Crippen molar-refractivity contribution in [2.45, 2.75) is 20.0 Å². The molecule has 0 aliphatic carbocycles. The second-order valence-electron chi connectivity index (χ2n) is 7.24. The van der Waals surface area contributed by atoms with Gasteiger partial charge in [-0.15, -0.1) is 0 Å². The lowest BCUT2D eigenvalue weighted by atomic mass is 10.2. The van der Waals surface area contributed by atoms with Crippen LogP contribution in [0.1, 0.15) is 28.4 Å². The molecular formula is C24H21FN4O2. The maximum absolute atomic E-state index is 13.1. The Morgan fingerprint density at radius 2 is 1.77 bits per heavy atom. The van der Waals surface area contributed by atoms with Gasteiger partial charge in [-0.25, -0.2) is 9.37 Å². The van der Waals surface area contributed by atoms with Crippen LogP contribution < -0.4 is 10.6 Å². The molecule has 2 N–H and O–H groups in total. The smallest absolute Gasteiger partial charge is 0.253 e. The lowest BCUT2D eigenvalue weighted by molar-refractivity contribution is -0.114. The number of nitrogens with zero attached hydrogens (tertiary/aromatic N) is 2. The molecule has 0 radical (unpaired) electrons. The average molecular weight is 416 g/mol. The van der Waals surface area contributed by atoms with Crippen molar-refractivity contribution in [3.63, 3.8) is 0 Å². The van der Waals surface area contributed by atoms with E-state index in [1.165, 1.54) is 19.1 Å². The van der Waals surface area contributed by atoms with Crippen LogP contribution in [-0.4, -0.2) is 21.4 Å². The fourth-order valence-corrected chi connectivity index (χ4v) is 3.40. The van der Waals surface area contributed by atoms with E-state index in [9.17, 15) is 14.0 Å². The number of hydrogen-bond acceptors (Lipinski definition) is 3. The third-order valence-corrected chi connectivity index (χ3v) is 4.84. The van der Waals surface area contributed by atoms with Gasteiger partial charge in [-0.2, -0.15) is 0 Å². The van der Waals surface area contributed by atoms with Crippen LogP contribution in [-0.2, 0) is 17.9 Å². The SMILES string of the molecule is CC(=O)Nc1cnc2c(c1)c(C(=O)NCc1ccc(F)cc1)cn2Cc1ccccc1. The topological polar surface area (TPSA) is 76.0 Å². The van der Waals surface area contributed by atoms with Crippen LogP contribution >= 0.6 is 0 Å². The van der Waals surface area contributed by atoms with Crippen molar-refractivity contribution in [1.29, 1.82) is 0 Å². The van der Waals surface area contributed by atoms with Crippen molar-refractivity contribution in [3.05, 3.63) is 95.6 Å². The van der Waals surface area contributed by atoms with E-state index in [-0.39, 0.29) is 24.2 Å². The van der Waals surface area contributed by atoms with Gasteiger partial charge in [-0.05, 0) is 29.3 Å². The number of halogens is 1. The molecule has 156 valence electrons. The highest BCUT2D eigenvalue weighted by atomic mass is 19.1. The van der Waals surface area contributed by atoms with Crippen LogP contribution in [0.25, 0.3) is 11.0 Å². The maximum Gasteiger partial charge on any atom is 0.253 e. The fourth-order valence-electron chi connectivity index (χ4n) is 3.40. The van der Waals surface area contributed by atoms with E-state index in [0.717, 1.165) is 11.1 Å². The lowest BCUT2D eigenvalue weighted by Crippen LogP contribution is -2.22. The Balaban J connectivity index is 1.66. The van der Waals surface area contributed by atoms with Crippen LogP contribution in [0.2, 0.25) is 0 Å². The van der Waals surface area contributed by atoms with E-state index in [2.05, 4.69) is 15.6 Å². The zero-order valence-corrected chi connectivity index (χ0v) is 16.9. The second-order valence-corrected chi connectivity index (χ2v) is 7.24. The quantitative estimate of drug-likeness (QED) is 0.497. The third-order valence-electron chi connectivity index (χ3n) is 4.84. The van der Waals surface area contributed by atoms with Gasteiger partial charge in [-0.3, -0.25) is 9.59 Å². The molecule has 6 nitrogen and oxygen atoms in total. The van der Waals surface area contributed by atoms with Gasteiger partial charge in [-0.1, -0.05) is 42.5 Å². The lowest BCUT2D eigenvalue weighted by Gasteiger charge is -2.06. The number of aromatic nitrogens is 2. The van der Waals surface area contributed by atoms with Gasteiger partial charge in [0.25, 0.3) is 5.91 Å². The van der Waals surface area contributed by atoms with Crippen LogP contribution in [0.3, 0.4) is 0 Å². The average Bonchev–Trinajstić information content (AvgIpc) is 3.11. The predicted molar refractivity (Wildman–Crippen MR) is 117 cm³/mol. The number of carbonyl (C=O) groups excluding carboxylic acids is 2. The van der Waals surface area contributed by atoms with Crippen molar-refractivity contribution in [2.75, 3.05) is 5.32 Å². The predicted octanol–water partition coefficient (Wildman–Crippen LogP) is 4.11. The number of nitrogens with one attached hydrogen (secondary N) is 2. The minimum atomic E-state index is -0.323. The molecule has 0 saturated carbocycles. The molecule has 0 atom stereocenters. The number of amides is 2. The Hall–Kier alpha value is -4.00. The summed E-state index contributed by atoms with van der Waals surface area (Å²) in [6.07, 6.45) is 3.34. The minimum absolute atomic E-state index is 0.216. The van der Waals surface area contributed by atoms with Crippen molar-refractivity contribution < 1.29 is 14.0 Å². The maximum atomic E-state index is 13.1. The molecule has 0 fully saturated rings. The van der Waals surface area contributed by atoms with Gasteiger partial charge < -0.3 is 15.2 Å². The van der Waals surface area contributed by atoms with E-state index < -0.39 is 0 Å². The molecular weight excluding hydrogens is 395 g/mol. The minimum Gasteiger partial charge on any atom is -0.348 e. The van der Waals surface area contributed by atoms with E-state index in [0.29, 0.717) is 28.8 Å². The van der Waals surface area contributed by atoms with Gasteiger partial charge in [0.1, 0.15) is 11.5 Å². The first-order valence-electron chi connectivity index (χ1n) is 9.82. The molecule has 2 aromatic heterocycles. The number of benzene rings is 2. The molecule has 0 aliphatic rings. The van der Waals surface area contributed by atoms with E-state index >= 15 is 0 Å². The Labute approximate surface area is 178 Å². The summed E-state index contributed by atoms with van der Waals surface area (Å²) in [5, 5.41) is 6.22. The Kier molecular flexibility index (Phi) is 5.75. The molecule has 0 spiro atoms. The van der Waals surface area contributed by atoms with Crippen LogP contribution in [0.4, 0.5) is 10.1 Å². The third kappa shape index (κ3) is 4.78. The molecule has 31 heavy (non-hydrogen) atoms. The molecule has 0 aliphatic heterocycles. The molecule has 2 amide bonds. The number of rotatable bonds is 6. The van der Waals surface area contributed by atoms with Crippen molar-refractivity contribution >= 4 is 28.5 Å². The van der Waals surface area contributed by atoms with Crippen LogP contribution in [0, 0.1) is 5.82 Å². The van der Waals surface area contributed by atoms with E-state index in [1.807, 2.05) is 34.9 Å². The van der Waals surface area contributed by atoms with E-state index in [1.54, 1.807) is 30.6 Å². The van der Waals surface area contributed by atoms with Crippen molar-refractivity contribution in [2.24, 2.45) is 0 Å². The van der Waals surface area contributed by atoms with Crippen LogP contribution in [0.5, 0.6) is 0 Å². The zero-order valence-electron chi connectivity index (χ0n) is 16.9. The Morgan fingerprint density at radius 3 is 2.48 bits per heavy atom. The highest BCUT2D eigenvalue weighted by Gasteiger charge is 2.17. The van der Waals surface area contributed by atoms with Gasteiger partial charge in [0.2, 0.25) is 5.91 Å². The molecule has 7 heteroatoms. The molecule has 0 bridgehead atoms.